The fourth-order valence-corrected chi connectivity index (χ4v) is 5.19. The number of carboxylic acids is 1. The van der Waals surface area contributed by atoms with E-state index in [-0.39, 0.29) is 19.0 Å². The first-order valence-corrected chi connectivity index (χ1v) is 10.5. The number of sulfonamides is 1. The van der Waals surface area contributed by atoms with Crippen LogP contribution in [0, 0.1) is 25.2 Å². The van der Waals surface area contributed by atoms with Crippen LogP contribution >= 0.6 is 0 Å². The largest absolute Gasteiger partial charge is 0.496 e. The predicted molar refractivity (Wildman–Crippen MR) is 97.7 cm³/mol. The zero-order valence-electron chi connectivity index (χ0n) is 15.7. The average molecular weight is 382 g/mol. The second-order valence-corrected chi connectivity index (χ2v) is 9.61. The molecule has 144 valence electrons. The number of likely N-dealkylation sites (tertiary alicyclic amines) is 1. The first kappa shape index (κ1) is 19.1. The monoisotopic (exact) mass is 382 g/mol. The molecule has 8 heteroatoms. The van der Waals surface area contributed by atoms with E-state index in [1.807, 2.05) is 19.9 Å². The molecular formula is C18H26N2O5S. The van der Waals surface area contributed by atoms with Crippen molar-refractivity contribution in [2.75, 3.05) is 39.5 Å². The van der Waals surface area contributed by atoms with Gasteiger partial charge in [-0.05, 0) is 36.6 Å². The molecule has 0 radical (unpaired) electrons. The maximum Gasteiger partial charge on any atom is 0.312 e. The van der Waals surface area contributed by atoms with E-state index >= 15 is 0 Å². The quantitative estimate of drug-likeness (QED) is 0.820. The minimum Gasteiger partial charge on any atom is -0.496 e. The average Bonchev–Trinajstić information content (AvgIpc) is 3.05. The number of carbonyl (C=O) groups is 1. The highest BCUT2D eigenvalue weighted by Crippen LogP contribution is 2.44. The van der Waals surface area contributed by atoms with E-state index in [0.717, 1.165) is 28.7 Å². The van der Waals surface area contributed by atoms with Crippen molar-refractivity contribution in [2.24, 2.45) is 11.3 Å². The molecule has 2 fully saturated rings. The second kappa shape index (κ2) is 6.51. The van der Waals surface area contributed by atoms with Crippen LogP contribution in [0.15, 0.2) is 12.1 Å². The Labute approximate surface area is 154 Å². The van der Waals surface area contributed by atoms with Gasteiger partial charge in [0.2, 0.25) is 10.0 Å². The number of hydrogen-bond donors (Lipinski definition) is 1. The third-order valence-corrected chi connectivity index (χ3v) is 7.01. The SMILES string of the molecule is COc1cc(C)c(CN2C[C@@H]3CN(S(C)(=O)=O)C[C@]3(C(=O)O)C2)cc1C. The van der Waals surface area contributed by atoms with Gasteiger partial charge in [-0.15, -0.1) is 0 Å². The Bertz CT molecular complexity index is 838. The zero-order chi connectivity index (χ0) is 19.3. The van der Waals surface area contributed by atoms with Crippen molar-refractivity contribution in [1.82, 2.24) is 9.21 Å². The highest BCUT2D eigenvalue weighted by molar-refractivity contribution is 7.88. The minimum absolute atomic E-state index is 0.0585. The number of nitrogens with zero attached hydrogens (tertiary/aromatic N) is 2. The highest BCUT2D eigenvalue weighted by atomic mass is 32.2. The smallest absolute Gasteiger partial charge is 0.312 e. The van der Waals surface area contributed by atoms with Gasteiger partial charge in [0.15, 0.2) is 0 Å². The number of fused-ring (bicyclic) bond motifs is 1. The van der Waals surface area contributed by atoms with Crippen LogP contribution in [-0.2, 0) is 21.4 Å². The first-order chi connectivity index (χ1) is 12.1. The van der Waals surface area contributed by atoms with Gasteiger partial charge in [0.1, 0.15) is 5.75 Å². The number of benzene rings is 1. The molecule has 0 amide bonds. The molecule has 1 aromatic rings. The Morgan fingerprint density at radius 2 is 1.96 bits per heavy atom. The van der Waals surface area contributed by atoms with Crippen LogP contribution in [0.5, 0.6) is 5.75 Å². The fraction of sp³-hybridized carbons (Fsp3) is 0.611. The van der Waals surface area contributed by atoms with E-state index in [9.17, 15) is 18.3 Å². The van der Waals surface area contributed by atoms with Crippen molar-refractivity contribution in [3.8, 4) is 5.75 Å². The van der Waals surface area contributed by atoms with Crippen LogP contribution in [0.4, 0.5) is 0 Å². The lowest BCUT2D eigenvalue weighted by atomic mass is 9.81. The third-order valence-electron chi connectivity index (χ3n) is 5.79. The Balaban J connectivity index is 1.81. The molecule has 0 unspecified atom stereocenters. The molecule has 26 heavy (non-hydrogen) atoms. The number of carboxylic acid groups (broad SMARTS) is 1. The van der Waals surface area contributed by atoms with Crippen molar-refractivity contribution in [3.05, 3.63) is 28.8 Å². The van der Waals surface area contributed by atoms with Crippen molar-refractivity contribution >= 4 is 16.0 Å². The molecule has 2 aliphatic rings. The molecule has 0 spiro atoms. The van der Waals surface area contributed by atoms with Gasteiger partial charge in [0.25, 0.3) is 0 Å². The molecule has 2 aliphatic heterocycles. The van der Waals surface area contributed by atoms with Crippen LogP contribution in [-0.4, -0.2) is 68.2 Å². The molecule has 0 saturated carbocycles. The molecule has 2 heterocycles. The molecule has 3 rings (SSSR count). The lowest BCUT2D eigenvalue weighted by Crippen LogP contribution is -2.41. The summed E-state index contributed by atoms with van der Waals surface area (Å²) in [6.45, 7) is 5.95. The molecule has 0 aliphatic carbocycles. The number of methoxy groups -OCH3 is 1. The van der Waals surface area contributed by atoms with Crippen LogP contribution < -0.4 is 4.74 Å². The number of aryl methyl sites for hydroxylation is 2. The van der Waals surface area contributed by atoms with Gasteiger partial charge < -0.3 is 9.84 Å². The normalized spacial score (nSPS) is 26.8. The first-order valence-electron chi connectivity index (χ1n) is 8.62. The van der Waals surface area contributed by atoms with Crippen molar-refractivity contribution in [3.63, 3.8) is 0 Å². The zero-order valence-corrected chi connectivity index (χ0v) is 16.5. The Morgan fingerprint density at radius 1 is 1.27 bits per heavy atom. The Kier molecular flexibility index (Phi) is 4.79. The molecule has 1 aromatic carbocycles. The summed E-state index contributed by atoms with van der Waals surface area (Å²) >= 11 is 0. The van der Waals surface area contributed by atoms with Crippen LogP contribution in [0.25, 0.3) is 0 Å². The molecule has 1 N–H and O–H groups in total. The molecule has 7 nitrogen and oxygen atoms in total. The highest BCUT2D eigenvalue weighted by Gasteiger charge is 2.59. The lowest BCUT2D eigenvalue weighted by molar-refractivity contribution is -0.148. The summed E-state index contributed by atoms with van der Waals surface area (Å²) in [4.78, 5) is 14.1. The number of aliphatic carboxylic acids is 1. The molecule has 2 atom stereocenters. The number of ether oxygens (including phenoxy) is 1. The third kappa shape index (κ3) is 3.21. The van der Waals surface area contributed by atoms with Crippen molar-refractivity contribution in [2.45, 2.75) is 20.4 Å². The minimum atomic E-state index is -3.38. The van der Waals surface area contributed by atoms with E-state index in [2.05, 4.69) is 11.0 Å². The molecule has 0 bridgehead atoms. The van der Waals surface area contributed by atoms with E-state index in [4.69, 9.17) is 4.74 Å². The summed E-state index contributed by atoms with van der Waals surface area (Å²) in [5.41, 5.74) is 2.28. The summed E-state index contributed by atoms with van der Waals surface area (Å²) in [6, 6.07) is 4.08. The van der Waals surface area contributed by atoms with Crippen LogP contribution in [0.1, 0.15) is 16.7 Å². The van der Waals surface area contributed by atoms with Crippen molar-refractivity contribution in [1.29, 1.82) is 0 Å². The van der Waals surface area contributed by atoms with Gasteiger partial charge in [0, 0.05) is 38.6 Å². The van der Waals surface area contributed by atoms with Gasteiger partial charge >= 0.3 is 5.97 Å². The van der Waals surface area contributed by atoms with E-state index in [0.29, 0.717) is 19.6 Å². The topological polar surface area (TPSA) is 87.2 Å². The second-order valence-electron chi connectivity index (χ2n) is 7.63. The predicted octanol–water partition coefficient (Wildman–Crippen LogP) is 1.09. The standard InChI is InChI=1S/C18H26N2O5S/c1-12-6-16(25-3)13(2)5-14(12)7-19-8-15-9-20(26(4,23)24)11-18(15,10-19)17(21)22/h5-6,15H,7-11H2,1-4H3,(H,21,22)/t15-,18-/m1/s1. The van der Waals surface area contributed by atoms with Gasteiger partial charge in [-0.3, -0.25) is 9.69 Å². The summed E-state index contributed by atoms with van der Waals surface area (Å²) in [7, 11) is -1.73. The van der Waals surface area contributed by atoms with Gasteiger partial charge in [-0.2, -0.15) is 0 Å². The van der Waals surface area contributed by atoms with Gasteiger partial charge in [-0.25, -0.2) is 12.7 Å². The van der Waals surface area contributed by atoms with Crippen LogP contribution in [0.3, 0.4) is 0 Å². The van der Waals surface area contributed by atoms with Gasteiger partial charge in [0.05, 0.1) is 18.8 Å². The summed E-state index contributed by atoms with van der Waals surface area (Å²) in [6.07, 6.45) is 1.14. The fourth-order valence-electron chi connectivity index (χ4n) is 4.28. The Hall–Kier alpha value is -1.64. The van der Waals surface area contributed by atoms with E-state index < -0.39 is 21.4 Å². The number of rotatable bonds is 5. The molecule has 0 aromatic heterocycles. The maximum absolute atomic E-state index is 12.0. The molecular weight excluding hydrogens is 356 g/mol. The van der Waals surface area contributed by atoms with Gasteiger partial charge in [-0.1, -0.05) is 6.07 Å². The molecule has 2 saturated heterocycles. The maximum atomic E-state index is 12.0. The summed E-state index contributed by atoms with van der Waals surface area (Å²) in [5, 5.41) is 9.84. The Morgan fingerprint density at radius 3 is 2.50 bits per heavy atom. The van der Waals surface area contributed by atoms with Crippen molar-refractivity contribution < 1.29 is 23.1 Å². The summed E-state index contributed by atoms with van der Waals surface area (Å²) in [5.74, 6) is -0.247. The summed E-state index contributed by atoms with van der Waals surface area (Å²) < 4.78 is 30.4. The van der Waals surface area contributed by atoms with Crippen LogP contribution in [0.2, 0.25) is 0 Å². The number of hydrogen-bond acceptors (Lipinski definition) is 5. The lowest BCUT2D eigenvalue weighted by Gasteiger charge is -2.25. The van der Waals surface area contributed by atoms with E-state index in [1.165, 1.54) is 4.31 Å². The van der Waals surface area contributed by atoms with E-state index in [1.54, 1.807) is 7.11 Å².